The van der Waals surface area contributed by atoms with Crippen LogP contribution in [0.4, 0.5) is 5.13 Å². The first-order chi connectivity index (χ1) is 12.1. The minimum Gasteiger partial charge on any atom is -0.283 e. The molecule has 2 heterocycles. The van der Waals surface area contributed by atoms with E-state index in [4.69, 9.17) is 16.6 Å². The van der Waals surface area contributed by atoms with Gasteiger partial charge in [0.2, 0.25) is 5.91 Å². The maximum Gasteiger partial charge on any atom is 0.232 e. The van der Waals surface area contributed by atoms with Gasteiger partial charge in [-0.25, -0.2) is 4.98 Å². The molecule has 1 fully saturated rings. The number of hydrogen-bond acceptors (Lipinski definition) is 4. The highest BCUT2D eigenvalue weighted by molar-refractivity contribution is 7.22. The van der Waals surface area contributed by atoms with Gasteiger partial charge in [-0.3, -0.25) is 14.7 Å². The molecule has 0 N–H and O–H groups in total. The molecule has 1 amide bonds. The number of pyridine rings is 1. The fourth-order valence-electron chi connectivity index (χ4n) is 3.05. The van der Waals surface area contributed by atoms with Gasteiger partial charge in [0.1, 0.15) is 0 Å². The summed E-state index contributed by atoms with van der Waals surface area (Å²) in [6.07, 6.45) is 6.61. The van der Waals surface area contributed by atoms with Gasteiger partial charge in [-0.05, 0) is 49.1 Å². The zero-order valence-corrected chi connectivity index (χ0v) is 15.5. The van der Waals surface area contributed by atoms with Crippen LogP contribution in [0.15, 0.2) is 36.7 Å². The van der Waals surface area contributed by atoms with Gasteiger partial charge in [-0.1, -0.05) is 35.4 Å². The van der Waals surface area contributed by atoms with E-state index in [1.54, 1.807) is 12.4 Å². The number of fused-ring (bicyclic) bond motifs is 1. The second-order valence-electron chi connectivity index (χ2n) is 6.48. The molecule has 1 aliphatic carbocycles. The molecule has 0 spiro atoms. The standard InChI is InChI=1S/C19H18ClN3OS/c1-12-8-15(20)9-16-17(12)22-19(25-16)23(18(24)14-5-2-6-14)11-13-4-3-7-21-10-13/h3-4,7-10,14H,2,5-6,11H2,1H3. The fourth-order valence-corrected chi connectivity index (χ4v) is 4.47. The molecular weight excluding hydrogens is 354 g/mol. The Morgan fingerprint density at radius 1 is 1.40 bits per heavy atom. The molecule has 0 bridgehead atoms. The second kappa shape index (κ2) is 6.73. The van der Waals surface area contributed by atoms with Crippen LogP contribution in [0.1, 0.15) is 30.4 Å². The smallest absolute Gasteiger partial charge is 0.232 e. The number of carbonyl (C=O) groups excluding carboxylic acids is 1. The average molecular weight is 372 g/mol. The molecular formula is C19H18ClN3OS. The van der Waals surface area contributed by atoms with Crippen LogP contribution in [0, 0.1) is 12.8 Å². The zero-order chi connectivity index (χ0) is 17.4. The van der Waals surface area contributed by atoms with E-state index in [1.807, 2.05) is 36.1 Å². The third kappa shape index (κ3) is 3.26. The fraction of sp³-hybridized carbons (Fsp3) is 0.316. The molecule has 4 rings (SSSR count). The number of nitrogens with zero attached hydrogens (tertiary/aromatic N) is 3. The van der Waals surface area contributed by atoms with Crippen molar-refractivity contribution >= 4 is 44.2 Å². The van der Waals surface area contributed by atoms with Crippen molar-refractivity contribution in [1.29, 1.82) is 0 Å². The average Bonchev–Trinajstić information content (AvgIpc) is 2.95. The summed E-state index contributed by atoms with van der Waals surface area (Å²) in [6.45, 7) is 2.49. The minimum absolute atomic E-state index is 0.119. The molecule has 3 aromatic rings. The molecule has 4 nitrogen and oxygen atoms in total. The van der Waals surface area contributed by atoms with Crippen molar-refractivity contribution < 1.29 is 4.79 Å². The molecule has 6 heteroatoms. The predicted molar refractivity (Wildman–Crippen MR) is 102 cm³/mol. The summed E-state index contributed by atoms with van der Waals surface area (Å²) in [5.74, 6) is 0.284. The third-order valence-electron chi connectivity index (χ3n) is 4.65. The Morgan fingerprint density at radius 2 is 2.24 bits per heavy atom. The van der Waals surface area contributed by atoms with Gasteiger partial charge in [-0.2, -0.15) is 0 Å². The summed E-state index contributed by atoms with van der Waals surface area (Å²) in [5.41, 5.74) is 2.95. The van der Waals surface area contributed by atoms with Crippen LogP contribution >= 0.6 is 22.9 Å². The number of thiazole rings is 1. The van der Waals surface area contributed by atoms with E-state index in [1.165, 1.54) is 11.3 Å². The summed E-state index contributed by atoms with van der Waals surface area (Å²) >= 11 is 7.70. The van der Waals surface area contributed by atoms with Crippen molar-refractivity contribution in [3.05, 3.63) is 52.8 Å². The molecule has 0 unspecified atom stereocenters. The molecule has 0 radical (unpaired) electrons. The van der Waals surface area contributed by atoms with Crippen molar-refractivity contribution in [2.75, 3.05) is 4.90 Å². The zero-order valence-electron chi connectivity index (χ0n) is 13.9. The number of carbonyl (C=O) groups is 1. The highest BCUT2D eigenvalue weighted by Gasteiger charge is 2.31. The monoisotopic (exact) mass is 371 g/mol. The summed E-state index contributed by atoms with van der Waals surface area (Å²) < 4.78 is 1.01. The van der Waals surface area contributed by atoms with Crippen LogP contribution in [-0.4, -0.2) is 15.9 Å². The van der Waals surface area contributed by atoms with E-state index in [2.05, 4.69) is 4.98 Å². The number of aromatic nitrogens is 2. The lowest BCUT2D eigenvalue weighted by atomic mass is 9.84. The van der Waals surface area contributed by atoms with Gasteiger partial charge in [0.05, 0.1) is 16.8 Å². The van der Waals surface area contributed by atoms with Crippen LogP contribution in [0.2, 0.25) is 5.02 Å². The van der Waals surface area contributed by atoms with E-state index < -0.39 is 0 Å². The minimum atomic E-state index is 0.119. The summed E-state index contributed by atoms with van der Waals surface area (Å²) in [5, 5.41) is 1.44. The largest absolute Gasteiger partial charge is 0.283 e. The molecule has 128 valence electrons. The van der Waals surface area contributed by atoms with E-state index >= 15 is 0 Å². The predicted octanol–water partition coefficient (Wildman–Crippen LogP) is 4.99. The van der Waals surface area contributed by atoms with Gasteiger partial charge >= 0.3 is 0 Å². The lowest BCUT2D eigenvalue weighted by Crippen LogP contribution is -2.38. The van der Waals surface area contributed by atoms with Crippen LogP contribution in [-0.2, 0) is 11.3 Å². The molecule has 0 atom stereocenters. The van der Waals surface area contributed by atoms with Gasteiger partial charge in [0, 0.05) is 23.3 Å². The molecule has 25 heavy (non-hydrogen) atoms. The molecule has 1 aromatic carbocycles. The van der Waals surface area contributed by atoms with Gasteiger partial charge < -0.3 is 0 Å². The van der Waals surface area contributed by atoms with Crippen molar-refractivity contribution in [1.82, 2.24) is 9.97 Å². The maximum atomic E-state index is 13.0. The van der Waals surface area contributed by atoms with E-state index in [-0.39, 0.29) is 11.8 Å². The highest BCUT2D eigenvalue weighted by Crippen LogP contribution is 2.36. The molecule has 1 aliphatic rings. The van der Waals surface area contributed by atoms with Gasteiger partial charge in [0.25, 0.3) is 0 Å². The Hall–Kier alpha value is -1.98. The topological polar surface area (TPSA) is 46.1 Å². The Labute approximate surface area is 155 Å². The van der Waals surface area contributed by atoms with Crippen molar-refractivity contribution in [3.8, 4) is 0 Å². The lowest BCUT2D eigenvalue weighted by Gasteiger charge is -2.30. The van der Waals surface area contributed by atoms with Crippen LogP contribution in [0.25, 0.3) is 10.2 Å². The van der Waals surface area contributed by atoms with E-state index in [0.29, 0.717) is 11.6 Å². The molecule has 0 saturated heterocycles. The number of aryl methyl sites for hydroxylation is 1. The van der Waals surface area contributed by atoms with Crippen molar-refractivity contribution in [2.24, 2.45) is 5.92 Å². The lowest BCUT2D eigenvalue weighted by molar-refractivity contribution is -0.124. The number of anilines is 1. The number of amides is 1. The Balaban J connectivity index is 1.74. The second-order valence-corrected chi connectivity index (χ2v) is 7.92. The Morgan fingerprint density at radius 3 is 2.92 bits per heavy atom. The summed E-state index contributed by atoms with van der Waals surface area (Å²) in [4.78, 5) is 23.7. The summed E-state index contributed by atoms with van der Waals surface area (Å²) in [7, 11) is 0. The number of rotatable bonds is 4. The van der Waals surface area contributed by atoms with Gasteiger partial charge in [0.15, 0.2) is 5.13 Å². The van der Waals surface area contributed by atoms with E-state index in [0.717, 1.165) is 45.7 Å². The van der Waals surface area contributed by atoms with Crippen molar-refractivity contribution in [3.63, 3.8) is 0 Å². The van der Waals surface area contributed by atoms with Crippen LogP contribution in [0.3, 0.4) is 0 Å². The van der Waals surface area contributed by atoms with Crippen molar-refractivity contribution in [2.45, 2.75) is 32.7 Å². The normalized spacial score (nSPS) is 14.5. The van der Waals surface area contributed by atoms with E-state index in [9.17, 15) is 4.79 Å². The quantitative estimate of drug-likeness (QED) is 0.649. The van der Waals surface area contributed by atoms with Gasteiger partial charge in [-0.15, -0.1) is 0 Å². The molecule has 1 saturated carbocycles. The first-order valence-corrected chi connectivity index (χ1v) is 9.58. The number of benzene rings is 1. The molecule has 0 aliphatic heterocycles. The highest BCUT2D eigenvalue weighted by atomic mass is 35.5. The SMILES string of the molecule is Cc1cc(Cl)cc2sc(N(Cc3cccnc3)C(=O)C3CCC3)nc12. The molecule has 2 aromatic heterocycles. The Bertz CT molecular complexity index is 921. The third-order valence-corrected chi connectivity index (χ3v) is 5.90. The first kappa shape index (κ1) is 16.5. The number of hydrogen-bond donors (Lipinski definition) is 0. The maximum absolute atomic E-state index is 13.0. The van der Waals surface area contributed by atoms with Crippen LogP contribution < -0.4 is 4.90 Å². The summed E-state index contributed by atoms with van der Waals surface area (Å²) in [6, 6.07) is 7.71. The number of halogens is 1. The Kier molecular flexibility index (Phi) is 4.44. The van der Waals surface area contributed by atoms with Crippen LogP contribution in [0.5, 0.6) is 0 Å². The first-order valence-electron chi connectivity index (χ1n) is 8.39.